The summed E-state index contributed by atoms with van der Waals surface area (Å²) < 4.78 is 1.97. The molecule has 1 aromatic heterocycles. The maximum absolute atomic E-state index is 13.1. The van der Waals surface area contributed by atoms with Gasteiger partial charge < -0.3 is 9.80 Å². The van der Waals surface area contributed by atoms with Crippen molar-refractivity contribution in [1.29, 1.82) is 0 Å². The average molecular weight is 639 g/mol. The highest BCUT2D eigenvalue weighted by atomic mass is 79.9. The van der Waals surface area contributed by atoms with Crippen LogP contribution in [0.15, 0.2) is 33.3 Å². The van der Waals surface area contributed by atoms with E-state index >= 15 is 0 Å². The van der Waals surface area contributed by atoms with Crippen LogP contribution < -0.4 is 0 Å². The summed E-state index contributed by atoms with van der Waals surface area (Å²) in [6.07, 6.45) is 6.12. The molecule has 1 aromatic carbocycles. The van der Waals surface area contributed by atoms with Crippen molar-refractivity contribution in [3.63, 3.8) is 0 Å². The molecule has 0 radical (unpaired) electrons. The average Bonchev–Trinajstić information content (AvgIpc) is 3.03. The van der Waals surface area contributed by atoms with Crippen molar-refractivity contribution >= 4 is 55.3 Å². The number of carbonyl (C=O) groups is 2. The summed E-state index contributed by atoms with van der Waals surface area (Å²) in [4.78, 5) is 36.0. The van der Waals surface area contributed by atoms with Gasteiger partial charge in [-0.25, -0.2) is 0 Å². The Morgan fingerprint density at radius 1 is 1.03 bits per heavy atom. The molecule has 0 N–H and O–H groups in total. The fraction of sp³-hybridized carbons (Fsp3) is 0.519. The van der Waals surface area contributed by atoms with Crippen molar-refractivity contribution in [1.82, 2.24) is 19.7 Å². The number of pyridine rings is 1. The van der Waals surface area contributed by atoms with Crippen LogP contribution in [0.2, 0.25) is 5.02 Å². The number of fused-ring (bicyclic) bond motifs is 2. The Morgan fingerprint density at radius 3 is 2.44 bits per heavy atom. The van der Waals surface area contributed by atoms with Crippen molar-refractivity contribution in [2.75, 3.05) is 39.3 Å². The molecule has 2 aliphatic heterocycles. The van der Waals surface area contributed by atoms with Gasteiger partial charge in [0.25, 0.3) is 0 Å². The molecule has 2 saturated heterocycles. The molecule has 1 unspecified atom stereocenters. The third-order valence-electron chi connectivity index (χ3n) is 7.95. The molecule has 1 aliphatic carbocycles. The molecule has 6 nitrogen and oxygen atoms in total. The van der Waals surface area contributed by atoms with Gasteiger partial charge in [-0.3, -0.25) is 19.5 Å². The number of hydrogen-bond donors (Lipinski definition) is 0. The number of piperidine rings is 1. The Bertz CT molecular complexity index is 1160. The van der Waals surface area contributed by atoms with Gasteiger partial charge in [0, 0.05) is 67.8 Å². The lowest BCUT2D eigenvalue weighted by Crippen LogP contribution is -2.50. The molecule has 192 valence electrons. The number of aryl methyl sites for hydroxylation is 1. The van der Waals surface area contributed by atoms with Crippen LogP contribution in [0.25, 0.3) is 0 Å². The van der Waals surface area contributed by atoms with Gasteiger partial charge in [0.1, 0.15) is 0 Å². The Hall–Kier alpha value is -1.48. The van der Waals surface area contributed by atoms with E-state index in [4.69, 9.17) is 16.6 Å². The van der Waals surface area contributed by atoms with Crippen LogP contribution in [0.4, 0.5) is 0 Å². The topological polar surface area (TPSA) is 56.8 Å². The minimum absolute atomic E-state index is 0.0346. The number of piperazine rings is 1. The molecule has 0 spiro atoms. The molecular weight excluding hydrogens is 608 g/mol. The van der Waals surface area contributed by atoms with Crippen LogP contribution in [-0.2, 0) is 22.4 Å². The van der Waals surface area contributed by atoms with Gasteiger partial charge in [0.2, 0.25) is 11.8 Å². The summed E-state index contributed by atoms with van der Waals surface area (Å²) in [6, 6.07) is 6.34. The van der Waals surface area contributed by atoms with E-state index in [9.17, 15) is 9.59 Å². The van der Waals surface area contributed by atoms with Crippen LogP contribution in [0.1, 0.15) is 54.6 Å². The number of halogens is 3. The predicted octanol–water partition coefficient (Wildman–Crippen LogP) is 5.24. The summed E-state index contributed by atoms with van der Waals surface area (Å²) in [5, 5.41) is 0.733. The smallest absolute Gasteiger partial charge is 0.222 e. The van der Waals surface area contributed by atoms with E-state index in [2.05, 4.69) is 48.9 Å². The number of carbonyl (C=O) groups excluding carboxylic acids is 2. The molecule has 1 atom stereocenters. The Balaban J connectivity index is 1.30. The van der Waals surface area contributed by atoms with E-state index in [0.717, 1.165) is 84.6 Å². The van der Waals surface area contributed by atoms with Gasteiger partial charge in [0.05, 0.1) is 16.8 Å². The summed E-state index contributed by atoms with van der Waals surface area (Å²) >= 11 is 13.8. The van der Waals surface area contributed by atoms with Crippen LogP contribution in [0.5, 0.6) is 0 Å². The van der Waals surface area contributed by atoms with Crippen molar-refractivity contribution in [2.45, 2.75) is 45.1 Å². The second kappa shape index (κ2) is 11.1. The molecule has 2 fully saturated rings. The van der Waals surface area contributed by atoms with Crippen LogP contribution in [0, 0.1) is 5.92 Å². The van der Waals surface area contributed by atoms with Gasteiger partial charge in [-0.05, 0) is 92.3 Å². The quantitative estimate of drug-likeness (QED) is 0.462. The fourth-order valence-corrected chi connectivity index (χ4v) is 7.01. The lowest BCUT2D eigenvalue weighted by Gasteiger charge is -2.40. The molecule has 2 aromatic rings. The van der Waals surface area contributed by atoms with Crippen molar-refractivity contribution in [2.24, 2.45) is 5.92 Å². The molecule has 0 saturated carbocycles. The van der Waals surface area contributed by atoms with Crippen LogP contribution >= 0.6 is 43.5 Å². The molecule has 2 amide bonds. The van der Waals surface area contributed by atoms with Crippen molar-refractivity contribution in [3.8, 4) is 0 Å². The third-order valence-corrected chi connectivity index (χ3v) is 9.84. The zero-order chi connectivity index (χ0) is 25.4. The van der Waals surface area contributed by atoms with Gasteiger partial charge >= 0.3 is 0 Å². The number of rotatable bonds is 3. The number of nitrogens with zero attached hydrogens (tertiary/aromatic N) is 4. The fourth-order valence-electron chi connectivity index (χ4n) is 5.89. The molecule has 0 bridgehead atoms. The molecule has 5 rings (SSSR count). The van der Waals surface area contributed by atoms with Crippen molar-refractivity contribution < 1.29 is 9.59 Å². The minimum atomic E-state index is 0.0346. The normalized spacial score (nSPS) is 21.1. The van der Waals surface area contributed by atoms with E-state index in [1.807, 2.05) is 22.1 Å². The Labute approximate surface area is 234 Å². The van der Waals surface area contributed by atoms with E-state index in [0.29, 0.717) is 12.3 Å². The standard InChI is InChI=1S/C27H31Br2ClN4O2/c1-17(35)32-8-6-18(7-9-32)14-24(36)33-10-12-34(13-11-33)27-22-4-5-23(30)25(29)21(22)3-2-19-15-20(28)16-31-26(19)27/h4-5,15-16,18,27H,2-3,6-14H2,1H3. The first-order valence-corrected chi connectivity index (χ1v) is 14.7. The molecule has 36 heavy (non-hydrogen) atoms. The Kier molecular flexibility index (Phi) is 8.06. The number of aromatic nitrogens is 1. The van der Waals surface area contributed by atoms with E-state index in [-0.39, 0.29) is 17.9 Å². The molecule has 3 heterocycles. The number of likely N-dealkylation sites (tertiary alicyclic amines) is 1. The zero-order valence-electron chi connectivity index (χ0n) is 20.5. The monoisotopic (exact) mass is 636 g/mol. The molecule has 3 aliphatic rings. The second-order valence-corrected chi connectivity index (χ2v) is 12.2. The van der Waals surface area contributed by atoms with E-state index in [1.165, 1.54) is 16.7 Å². The lowest BCUT2D eigenvalue weighted by molar-refractivity contribution is -0.135. The minimum Gasteiger partial charge on any atom is -0.343 e. The highest BCUT2D eigenvalue weighted by molar-refractivity contribution is 9.10. The van der Waals surface area contributed by atoms with Crippen LogP contribution in [0.3, 0.4) is 0 Å². The number of amides is 2. The number of benzene rings is 1. The van der Waals surface area contributed by atoms with Gasteiger partial charge in [-0.1, -0.05) is 17.7 Å². The first-order chi connectivity index (χ1) is 17.3. The molecular formula is C27H31Br2ClN4O2. The first kappa shape index (κ1) is 26.1. The Morgan fingerprint density at radius 2 is 1.75 bits per heavy atom. The first-order valence-electron chi connectivity index (χ1n) is 12.7. The lowest BCUT2D eigenvalue weighted by atomic mass is 9.92. The van der Waals surface area contributed by atoms with Gasteiger partial charge in [-0.2, -0.15) is 0 Å². The van der Waals surface area contributed by atoms with Crippen LogP contribution in [-0.4, -0.2) is 70.8 Å². The predicted molar refractivity (Wildman–Crippen MR) is 148 cm³/mol. The second-order valence-electron chi connectivity index (χ2n) is 10.1. The molecule has 9 heteroatoms. The maximum Gasteiger partial charge on any atom is 0.222 e. The summed E-state index contributed by atoms with van der Waals surface area (Å²) in [7, 11) is 0. The zero-order valence-corrected chi connectivity index (χ0v) is 24.4. The van der Waals surface area contributed by atoms with Crippen molar-refractivity contribution in [3.05, 3.63) is 60.7 Å². The highest BCUT2D eigenvalue weighted by Gasteiger charge is 2.34. The largest absolute Gasteiger partial charge is 0.343 e. The highest BCUT2D eigenvalue weighted by Crippen LogP contribution is 2.41. The van der Waals surface area contributed by atoms with Gasteiger partial charge in [-0.15, -0.1) is 0 Å². The van der Waals surface area contributed by atoms with E-state index < -0.39 is 0 Å². The maximum atomic E-state index is 13.1. The van der Waals surface area contributed by atoms with E-state index in [1.54, 1.807) is 6.92 Å². The number of hydrogen-bond acceptors (Lipinski definition) is 4. The summed E-state index contributed by atoms with van der Waals surface area (Å²) in [5.41, 5.74) is 4.85. The SMILES string of the molecule is CC(=O)N1CCC(CC(=O)N2CCN(C3c4ccc(Cl)c(Br)c4CCc4cc(Br)cnc43)CC2)CC1. The summed E-state index contributed by atoms with van der Waals surface area (Å²) in [6.45, 7) is 6.20. The third kappa shape index (κ3) is 5.38. The van der Waals surface area contributed by atoms with Gasteiger partial charge in [0.15, 0.2) is 0 Å². The summed E-state index contributed by atoms with van der Waals surface area (Å²) in [5.74, 6) is 0.749.